The average Bonchev–Trinajstić information content (AvgIpc) is 3.03. The van der Waals surface area contributed by atoms with Gasteiger partial charge in [-0.05, 0) is 18.8 Å². The van der Waals surface area contributed by atoms with Crippen molar-refractivity contribution in [3.8, 4) is 0 Å². The van der Waals surface area contributed by atoms with Crippen molar-refractivity contribution in [1.29, 1.82) is 0 Å². The van der Waals surface area contributed by atoms with Crippen LogP contribution in [0.1, 0.15) is 12.8 Å². The Kier molecular flexibility index (Phi) is 6.12. The van der Waals surface area contributed by atoms with Gasteiger partial charge in [0.05, 0.1) is 32.0 Å². The maximum atomic E-state index is 9.47. The van der Waals surface area contributed by atoms with E-state index in [1.165, 1.54) is 12.8 Å². The van der Waals surface area contributed by atoms with Crippen molar-refractivity contribution in [3.05, 3.63) is 0 Å². The monoisotopic (exact) mass is 219 g/mol. The minimum Gasteiger partial charge on any atom is -0.395 e. The van der Waals surface area contributed by atoms with Crippen LogP contribution in [-0.2, 0) is 4.74 Å². The van der Waals surface area contributed by atoms with E-state index in [0.717, 1.165) is 6.61 Å². The molecule has 0 aliphatic heterocycles. The summed E-state index contributed by atoms with van der Waals surface area (Å²) in [5.41, 5.74) is 0. The molecule has 1 fully saturated rings. The first-order chi connectivity index (χ1) is 7.26. The van der Waals surface area contributed by atoms with Crippen LogP contribution < -0.4 is 5.32 Å². The predicted molar refractivity (Wildman–Crippen MR) is 55.5 cm³/mol. The first-order valence-corrected chi connectivity index (χ1v) is 5.47. The van der Waals surface area contributed by atoms with Crippen LogP contribution in [0.5, 0.6) is 0 Å². The van der Waals surface area contributed by atoms with Crippen LogP contribution in [0.3, 0.4) is 0 Å². The van der Waals surface area contributed by atoms with Crippen molar-refractivity contribution in [1.82, 2.24) is 5.32 Å². The second-order valence-electron chi connectivity index (χ2n) is 4.10. The molecule has 90 valence electrons. The standard InChI is InChI=1S/C10H21NO4/c12-4-9(5-13)11-3-10(14)7-15-6-8-1-2-8/h8-14H,1-7H2. The highest BCUT2D eigenvalue weighted by Gasteiger charge is 2.21. The van der Waals surface area contributed by atoms with E-state index >= 15 is 0 Å². The van der Waals surface area contributed by atoms with Crippen LogP contribution in [0.4, 0.5) is 0 Å². The fourth-order valence-corrected chi connectivity index (χ4v) is 1.20. The van der Waals surface area contributed by atoms with Gasteiger partial charge in [0.2, 0.25) is 0 Å². The Morgan fingerprint density at radius 2 is 1.93 bits per heavy atom. The predicted octanol–water partition coefficient (Wildman–Crippen LogP) is -1.28. The van der Waals surface area contributed by atoms with Crippen molar-refractivity contribution in [2.45, 2.75) is 25.0 Å². The second kappa shape index (κ2) is 7.14. The Morgan fingerprint density at radius 1 is 1.27 bits per heavy atom. The molecule has 0 aromatic heterocycles. The summed E-state index contributed by atoms with van der Waals surface area (Å²) in [5, 5.41) is 29.8. The van der Waals surface area contributed by atoms with Gasteiger partial charge >= 0.3 is 0 Å². The fraction of sp³-hybridized carbons (Fsp3) is 1.00. The number of aliphatic hydroxyl groups excluding tert-OH is 3. The van der Waals surface area contributed by atoms with Gasteiger partial charge in [-0.25, -0.2) is 0 Å². The Morgan fingerprint density at radius 3 is 2.47 bits per heavy atom. The van der Waals surface area contributed by atoms with E-state index in [1.54, 1.807) is 0 Å². The van der Waals surface area contributed by atoms with E-state index in [9.17, 15) is 5.11 Å². The highest BCUT2D eigenvalue weighted by Crippen LogP contribution is 2.28. The smallest absolute Gasteiger partial charge is 0.0897 e. The Hall–Kier alpha value is -0.200. The molecule has 0 amide bonds. The number of ether oxygens (including phenoxy) is 1. The largest absolute Gasteiger partial charge is 0.395 e. The van der Waals surface area contributed by atoms with Crippen LogP contribution in [-0.4, -0.2) is 60.4 Å². The van der Waals surface area contributed by atoms with E-state index < -0.39 is 6.10 Å². The molecule has 1 unspecified atom stereocenters. The first-order valence-electron chi connectivity index (χ1n) is 5.47. The second-order valence-corrected chi connectivity index (χ2v) is 4.10. The third-order valence-corrected chi connectivity index (χ3v) is 2.44. The summed E-state index contributed by atoms with van der Waals surface area (Å²) in [6.45, 7) is 1.11. The lowest BCUT2D eigenvalue weighted by Crippen LogP contribution is -2.41. The molecule has 0 aromatic rings. The molecule has 4 N–H and O–H groups in total. The lowest BCUT2D eigenvalue weighted by molar-refractivity contribution is 0.0286. The Bertz CT molecular complexity index is 160. The van der Waals surface area contributed by atoms with Gasteiger partial charge in [-0.3, -0.25) is 0 Å². The molecule has 0 spiro atoms. The zero-order valence-electron chi connectivity index (χ0n) is 8.93. The van der Waals surface area contributed by atoms with Gasteiger partial charge in [0.25, 0.3) is 0 Å². The topological polar surface area (TPSA) is 82.0 Å². The van der Waals surface area contributed by atoms with Crippen LogP contribution in [0, 0.1) is 5.92 Å². The highest BCUT2D eigenvalue weighted by molar-refractivity contribution is 4.72. The minimum absolute atomic E-state index is 0.133. The van der Waals surface area contributed by atoms with E-state index in [4.69, 9.17) is 14.9 Å². The summed E-state index contributed by atoms with van der Waals surface area (Å²) in [6.07, 6.45) is 1.90. The third kappa shape index (κ3) is 6.06. The zero-order chi connectivity index (χ0) is 11.1. The SMILES string of the molecule is OCC(CO)NCC(O)COCC1CC1. The molecule has 1 aliphatic carbocycles. The molecule has 1 aliphatic rings. The van der Waals surface area contributed by atoms with Gasteiger partial charge in [0.15, 0.2) is 0 Å². The number of hydrogen-bond acceptors (Lipinski definition) is 5. The summed E-state index contributed by atoms with van der Waals surface area (Å²) in [7, 11) is 0. The fourth-order valence-electron chi connectivity index (χ4n) is 1.20. The summed E-state index contributed by atoms with van der Waals surface area (Å²) >= 11 is 0. The lowest BCUT2D eigenvalue weighted by Gasteiger charge is -2.16. The van der Waals surface area contributed by atoms with Gasteiger partial charge in [-0.1, -0.05) is 0 Å². The summed E-state index contributed by atoms with van der Waals surface area (Å²) in [6, 6.07) is -0.358. The quantitative estimate of drug-likeness (QED) is 0.388. The molecule has 0 aromatic carbocycles. The number of hydrogen-bond donors (Lipinski definition) is 4. The zero-order valence-corrected chi connectivity index (χ0v) is 8.93. The number of rotatable bonds is 9. The molecular weight excluding hydrogens is 198 g/mol. The van der Waals surface area contributed by atoms with E-state index in [2.05, 4.69) is 5.32 Å². The summed E-state index contributed by atoms with van der Waals surface area (Å²) in [5.74, 6) is 0.702. The molecule has 1 saturated carbocycles. The highest BCUT2D eigenvalue weighted by atomic mass is 16.5. The van der Waals surface area contributed by atoms with E-state index in [0.29, 0.717) is 19.1 Å². The van der Waals surface area contributed by atoms with E-state index in [1.807, 2.05) is 0 Å². The molecule has 0 radical (unpaired) electrons. The molecule has 5 nitrogen and oxygen atoms in total. The van der Waals surface area contributed by atoms with Crippen molar-refractivity contribution in [2.24, 2.45) is 5.92 Å². The Labute approximate surface area is 90.1 Å². The molecule has 5 heteroatoms. The molecule has 0 heterocycles. The number of nitrogens with one attached hydrogen (secondary N) is 1. The van der Waals surface area contributed by atoms with Crippen LogP contribution in [0.15, 0.2) is 0 Å². The van der Waals surface area contributed by atoms with Crippen molar-refractivity contribution >= 4 is 0 Å². The third-order valence-electron chi connectivity index (χ3n) is 2.44. The van der Waals surface area contributed by atoms with Gasteiger partial charge in [0.1, 0.15) is 0 Å². The normalized spacial score (nSPS) is 18.4. The maximum Gasteiger partial charge on any atom is 0.0897 e. The van der Waals surface area contributed by atoms with Gasteiger partial charge in [-0.15, -0.1) is 0 Å². The van der Waals surface area contributed by atoms with Gasteiger partial charge in [0, 0.05) is 13.2 Å². The summed E-state index contributed by atoms with van der Waals surface area (Å²) in [4.78, 5) is 0. The molecule has 0 saturated heterocycles. The van der Waals surface area contributed by atoms with Crippen LogP contribution in [0.2, 0.25) is 0 Å². The van der Waals surface area contributed by atoms with Crippen molar-refractivity contribution in [3.63, 3.8) is 0 Å². The van der Waals surface area contributed by atoms with Gasteiger partial charge < -0.3 is 25.4 Å². The van der Waals surface area contributed by atoms with Gasteiger partial charge in [-0.2, -0.15) is 0 Å². The van der Waals surface area contributed by atoms with Crippen molar-refractivity contribution in [2.75, 3.05) is 33.0 Å². The molecule has 15 heavy (non-hydrogen) atoms. The maximum absolute atomic E-state index is 9.47. The minimum atomic E-state index is -0.579. The average molecular weight is 219 g/mol. The molecule has 1 atom stereocenters. The van der Waals surface area contributed by atoms with Crippen LogP contribution in [0.25, 0.3) is 0 Å². The molecule has 1 rings (SSSR count). The lowest BCUT2D eigenvalue weighted by atomic mass is 10.3. The van der Waals surface area contributed by atoms with E-state index in [-0.39, 0.29) is 19.3 Å². The van der Waals surface area contributed by atoms with Crippen LogP contribution >= 0.6 is 0 Å². The number of aliphatic hydroxyl groups is 3. The first kappa shape index (κ1) is 12.9. The van der Waals surface area contributed by atoms with Crippen molar-refractivity contribution < 1.29 is 20.1 Å². The Balaban J connectivity index is 1.93. The molecule has 0 bridgehead atoms. The summed E-state index contributed by atoms with van der Waals surface area (Å²) < 4.78 is 5.30. The molecular formula is C10H21NO4.